The third-order valence-electron chi connectivity index (χ3n) is 4.08. The molecule has 2 aliphatic heterocycles. The van der Waals surface area contributed by atoms with Gasteiger partial charge in [0.1, 0.15) is 23.8 Å². The van der Waals surface area contributed by atoms with E-state index in [2.05, 4.69) is 4.90 Å². The maximum Gasteiger partial charge on any atom is 0.306 e. The van der Waals surface area contributed by atoms with E-state index in [9.17, 15) is 9.18 Å². The van der Waals surface area contributed by atoms with Crippen molar-refractivity contribution in [1.29, 1.82) is 0 Å². The molecule has 2 fully saturated rings. The largest absolute Gasteiger partial charge is 0.490 e. The number of rotatable bonds is 4. The zero-order valence-corrected chi connectivity index (χ0v) is 12.0. The van der Waals surface area contributed by atoms with Crippen molar-refractivity contribution in [3.63, 3.8) is 0 Å². The minimum absolute atomic E-state index is 0.0621. The maximum atomic E-state index is 12.8. The molecule has 1 atom stereocenters. The van der Waals surface area contributed by atoms with Gasteiger partial charge in [-0.2, -0.15) is 0 Å². The third kappa shape index (κ3) is 3.94. The van der Waals surface area contributed by atoms with E-state index in [1.807, 2.05) is 0 Å². The number of nitrogens with zero attached hydrogens (tertiary/aromatic N) is 1. The Balaban J connectivity index is 1.42. The second-order valence-electron chi connectivity index (χ2n) is 5.72. The summed E-state index contributed by atoms with van der Waals surface area (Å²) in [6, 6.07) is 6.16. The van der Waals surface area contributed by atoms with Gasteiger partial charge in [-0.25, -0.2) is 4.39 Å². The fraction of sp³-hybridized carbons (Fsp3) is 0.562. The van der Waals surface area contributed by atoms with Crippen molar-refractivity contribution in [2.45, 2.75) is 37.9 Å². The van der Waals surface area contributed by atoms with E-state index in [-0.39, 0.29) is 24.0 Å². The Morgan fingerprint density at radius 3 is 2.52 bits per heavy atom. The Kier molecular flexibility index (Phi) is 4.39. The zero-order chi connectivity index (χ0) is 14.7. The van der Waals surface area contributed by atoms with Crippen LogP contribution in [0.3, 0.4) is 0 Å². The average Bonchev–Trinajstić information content (AvgIpc) is 2.89. The highest BCUT2D eigenvalue weighted by atomic mass is 19.1. The number of cyclic esters (lactones) is 1. The van der Waals surface area contributed by atoms with Gasteiger partial charge in [-0.05, 0) is 43.5 Å². The molecule has 0 amide bonds. The van der Waals surface area contributed by atoms with Crippen LogP contribution in [0.5, 0.6) is 5.75 Å². The lowest BCUT2D eigenvalue weighted by Gasteiger charge is -2.33. The second-order valence-corrected chi connectivity index (χ2v) is 5.72. The number of halogens is 1. The lowest BCUT2D eigenvalue weighted by molar-refractivity contribution is -0.142. The molecule has 21 heavy (non-hydrogen) atoms. The molecular weight excluding hydrogens is 273 g/mol. The quantitative estimate of drug-likeness (QED) is 0.799. The van der Waals surface area contributed by atoms with Crippen molar-refractivity contribution in [2.75, 3.05) is 19.6 Å². The summed E-state index contributed by atoms with van der Waals surface area (Å²) in [5.41, 5.74) is 0. The molecule has 3 rings (SSSR count). The van der Waals surface area contributed by atoms with Crippen LogP contribution in [0.25, 0.3) is 0 Å². The zero-order valence-electron chi connectivity index (χ0n) is 12.0. The van der Waals surface area contributed by atoms with Crippen LogP contribution in [-0.4, -0.2) is 42.7 Å². The predicted molar refractivity (Wildman–Crippen MR) is 75.6 cm³/mol. The van der Waals surface area contributed by atoms with Crippen LogP contribution in [0.15, 0.2) is 24.3 Å². The van der Waals surface area contributed by atoms with E-state index < -0.39 is 0 Å². The van der Waals surface area contributed by atoms with Crippen molar-refractivity contribution < 1.29 is 18.7 Å². The molecule has 1 aromatic rings. The molecule has 0 radical (unpaired) electrons. The Labute approximate surface area is 123 Å². The number of likely N-dealkylation sites (tertiary alicyclic amines) is 1. The first-order valence-corrected chi connectivity index (χ1v) is 7.53. The number of carbonyl (C=O) groups is 1. The fourth-order valence-electron chi connectivity index (χ4n) is 2.91. The molecule has 2 heterocycles. The highest BCUT2D eigenvalue weighted by Crippen LogP contribution is 2.21. The highest BCUT2D eigenvalue weighted by molar-refractivity contribution is 5.71. The average molecular weight is 293 g/mol. The standard InChI is InChI=1S/C16H20FNO3/c17-12-1-3-13(4-2-12)20-14-7-9-18(10-8-14)11-15-5-6-16(19)21-15/h1-4,14-15H,5-11H2/t15-/m1/s1. The van der Waals surface area contributed by atoms with Gasteiger partial charge in [0, 0.05) is 26.1 Å². The van der Waals surface area contributed by atoms with Crippen LogP contribution in [0.2, 0.25) is 0 Å². The summed E-state index contributed by atoms with van der Waals surface area (Å²) in [7, 11) is 0. The first kappa shape index (κ1) is 14.3. The Hall–Kier alpha value is -1.62. The van der Waals surface area contributed by atoms with E-state index in [0.29, 0.717) is 6.42 Å². The summed E-state index contributed by atoms with van der Waals surface area (Å²) in [5.74, 6) is 0.400. The van der Waals surface area contributed by atoms with Gasteiger partial charge < -0.3 is 9.47 Å². The Morgan fingerprint density at radius 1 is 1.19 bits per heavy atom. The molecule has 0 aliphatic carbocycles. The Bertz CT molecular complexity index is 483. The maximum absolute atomic E-state index is 12.8. The summed E-state index contributed by atoms with van der Waals surface area (Å²) in [6.07, 6.45) is 3.51. The number of esters is 1. The van der Waals surface area contributed by atoms with Crippen LogP contribution < -0.4 is 4.74 Å². The van der Waals surface area contributed by atoms with E-state index in [1.54, 1.807) is 12.1 Å². The monoisotopic (exact) mass is 293 g/mol. The van der Waals surface area contributed by atoms with Gasteiger partial charge in [0.05, 0.1) is 0 Å². The molecule has 0 saturated carbocycles. The van der Waals surface area contributed by atoms with E-state index in [0.717, 1.165) is 44.6 Å². The lowest BCUT2D eigenvalue weighted by atomic mass is 10.1. The summed E-state index contributed by atoms with van der Waals surface area (Å²) < 4.78 is 24.0. The smallest absolute Gasteiger partial charge is 0.306 e. The van der Waals surface area contributed by atoms with E-state index in [4.69, 9.17) is 9.47 Å². The van der Waals surface area contributed by atoms with Crippen molar-refractivity contribution in [2.24, 2.45) is 0 Å². The van der Waals surface area contributed by atoms with Crippen LogP contribution >= 0.6 is 0 Å². The third-order valence-corrected chi connectivity index (χ3v) is 4.08. The molecule has 0 aromatic heterocycles. The molecular formula is C16H20FNO3. The van der Waals surface area contributed by atoms with Gasteiger partial charge in [-0.15, -0.1) is 0 Å². The number of ether oxygens (including phenoxy) is 2. The molecule has 0 N–H and O–H groups in total. The van der Waals surface area contributed by atoms with Gasteiger partial charge in [0.25, 0.3) is 0 Å². The molecule has 5 heteroatoms. The molecule has 2 saturated heterocycles. The predicted octanol–water partition coefficient (Wildman–Crippen LogP) is 2.37. The topological polar surface area (TPSA) is 38.8 Å². The van der Waals surface area contributed by atoms with E-state index >= 15 is 0 Å². The lowest BCUT2D eigenvalue weighted by Crippen LogP contribution is -2.41. The number of piperidine rings is 1. The van der Waals surface area contributed by atoms with Gasteiger partial charge in [-0.3, -0.25) is 9.69 Å². The molecule has 114 valence electrons. The molecule has 1 aromatic carbocycles. The Morgan fingerprint density at radius 2 is 1.90 bits per heavy atom. The van der Waals surface area contributed by atoms with Crippen molar-refractivity contribution in [1.82, 2.24) is 4.90 Å². The first-order valence-electron chi connectivity index (χ1n) is 7.53. The van der Waals surface area contributed by atoms with Gasteiger partial charge in [-0.1, -0.05) is 0 Å². The van der Waals surface area contributed by atoms with Gasteiger partial charge in [0.15, 0.2) is 0 Å². The molecule has 0 bridgehead atoms. The highest BCUT2D eigenvalue weighted by Gasteiger charge is 2.28. The van der Waals surface area contributed by atoms with Crippen LogP contribution in [-0.2, 0) is 9.53 Å². The van der Waals surface area contributed by atoms with Crippen molar-refractivity contribution in [3.8, 4) is 5.75 Å². The molecule has 4 nitrogen and oxygen atoms in total. The minimum atomic E-state index is -0.247. The fourth-order valence-corrected chi connectivity index (χ4v) is 2.91. The van der Waals surface area contributed by atoms with E-state index in [1.165, 1.54) is 12.1 Å². The van der Waals surface area contributed by atoms with Crippen LogP contribution in [0.4, 0.5) is 4.39 Å². The first-order chi connectivity index (χ1) is 10.2. The van der Waals surface area contributed by atoms with Crippen LogP contribution in [0.1, 0.15) is 25.7 Å². The summed E-state index contributed by atoms with van der Waals surface area (Å²) in [4.78, 5) is 13.4. The number of hydrogen-bond acceptors (Lipinski definition) is 4. The van der Waals surface area contributed by atoms with Gasteiger partial charge >= 0.3 is 5.97 Å². The normalized spacial score (nSPS) is 24.0. The van der Waals surface area contributed by atoms with Gasteiger partial charge in [0.2, 0.25) is 0 Å². The molecule has 0 unspecified atom stereocenters. The minimum Gasteiger partial charge on any atom is -0.490 e. The number of hydrogen-bond donors (Lipinski definition) is 0. The summed E-state index contributed by atoms with van der Waals surface area (Å²) in [5, 5.41) is 0. The number of carbonyl (C=O) groups excluding carboxylic acids is 1. The summed E-state index contributed by atoms with van der Waals surface area (Å²) >= 11 is 0. The van der Waals surface area contributed by atoms with Crippen molar-refractivity contribution >= 4 is 5.97 Å². The molecule has 2 aliphatic rings. The SMILES string of the molecule is O=C1CC[C@H](CN2CCC(Oc3ccc(F)cc3)CC2)O1. The number of benzene rings is 1. The molecule has 0 spiro atoms. The van der Waals surface area contributed by atoms with Crippen LogP contribution in [0, 0.1) is 5.82 Å². The second kappa shape index (κ2) is 6.43. The van der Waals surface area contributed by atoms with Crippen molar-refractivity contribution in [3.05, 3.63) is 30.1 Å². The summed E-state index contributed by atoms with van der Waals surface area (Å²) in [6.45, 7) is 2.72.